The minimum Gasteiger partial charge on any atom is -0.336 e. The van der Waals surface area contributed by atoms with Crippen LogP contribution < -0.4 is 0 Å². The maximum absolute atomic E-state index is 13.0. The number of fused-ring (bicyclic) bond motifs is 1. The molecular weight excluding hydrogens is 323 g/mol. The molecule has 2 aromatic heterocycles. The Balaban J connectivity index is 1.83. The van der Waals surface area contributed by atoms with Crippen LogP contribution in [-0.4, -0.2) is 37.3 Å². The van der Waals surface area contributed by atoms with Crippen LogP contribution >= 0.6 is 0 Å². The molecule has 0 unspecified atom stereocenters. The first-order chi connectivity index (χ1) is 11.2. The number of carbonyl (C=O) groups is 1. The van der Waals surface area contributed by atoms with E-state index in [2.05, 4.69) is 15.3 Å². The highest BCUT2D eigenvalue weighted by molar-refractivity contribution is 5.80. The molecule has 1 amide bonds. The van der Waals surface area contributed by atoms with Crippen molar-refractivity contribution in [3.8, 4) is 0 Å². The third-order valence-electron chi connectivity index (χ3n) is 4.28. The van der Waals surface area contributed by atoms with Crippen molar-refractivity contribution in [1.29, 1.82) is 0 Å². The number of rotatable bonds is 2. The molecule has 1 atom stereocenters. The second-order valence-electron chi connectivity index (χ2n) is 6.08. The summed E-state index contributed by atoms with van der Waals surface area (Å²) in [6, 6.07) is 1.29. The Morgan fingerprint density at radius 3 is 2.67 bits per heavy atom. The first-order valence-electron chi connectivity index (χ1n) is 7.63. The van der Waals surface area contributed by atoms with E-state index in [1.807, 2.05) is 19.9 Å². The fourth-order valence-electron chi connectivity index (χ4n) is 3.12. The van der Waals surface area contributed by atoms with Gasteiger partial charge in [-0.1, -0.05) is 0 Å². The normalized spacial score (nSPS) is 16.2. The van der Waals surface area contributed by atoms with Gasteiger partial charge in [-0.3, -0.25) is 14.6 Å². The minimum absolute atomic E-state index is 0.0580. The van der Waals surface area contributed by atoms with Crippen LogP contribution in [0.2, 0.25) is 0 Å². The van der Waals surface area contributed by atoms with Gasteiger partial charge in [-0.2, -0.15) is 23.4 Å². The number of halogens is 3. The summed E-state index contributed by atoms with van der Waals surface area (Å²) in [7, 11) is 0. The van der Waals surface area contributed by atoms with Crippen molar-refractivity contribution in [3.63, 3.8) is 0 Å². The van der Waals surface area contributed by atoms with Gasteiger partial charge in [0.1, 0.15) is 6.04 Å². The van der Waals surface area contributed by atoms with Crippen LogP contribution in [0.5, 0.6) is 0 Å². The van der Waals surface area contributed by atoms with E-state index in [1.54, 1.807) is 11.6 Å². The number of aromatic nitrogens is 4. The molecule has 1 aliphatic heterocycles. The zero-order chi connectivity index (χ0) is 17.6. The standard InChI is InChI=1S/C15H18F3N5O/c1-8-6-9(2)23(21-8)10(3)14(24)22-5-4-12-11(7-22)13(20-19-12)15(16,17)18/h6,10H,4-5,7H2,1-3H3,(H,19,20)/t10-/m0/s1. The first-order valence-corrected chi connectivity index (χ1v) is 7.63. The van der Waals surface area contributed by atoms with Crippen molar-refractivity contribution < 1.29 is 18.0 Å². The molecule has 6 nitrogen and oxygen atoms in total. The summed E-state index contributed by atoms with van der Waals surface area (Å²) < 4.78 is 40.7. The van der Waals surface area contributed by atoms with Crippen molar-refractivity contribution in [2.75, 3.05) is 6.54 Å². The second-order valence-corrected chi connectivity index (χ2v) is 6.08. The van der Waals surface area contributed by atoms with Crippen LogP contribution in [0.3, 0.4) is 0 Å². The monoisotopic (exact) mass is 341 g/mol. The predicted molar refractivity (Wildman–Crippen MR) is 79.1 cm³/mol. The highest BCUT2D eigenvalue weighted by Gasteiger charge is 2.40. The van der Waals surface area contributed by atoms with E-state index in [0.29, 0.717) is 18.7 Å². The molecule has 0 bridgehead atoms. The Kier molecular flexibility index (Phi) is 3.89. The summed E-state index contributed by atoms with van der Waals surface area (Å²) in [5.41, 5.74) is 1.20. The SMILES string of the molecule is Cc1cc(C)n([C@@H](C)C(=O)N2CCc3[nH]nc(C(F)(F)F)c3C2)n1. The van der Waals surface area contributed by atoms with Crippen LogP contribution in [0.25, 0.3) is 0 Å². The van der Waals surface area contributed by atoms with Gasteiger partial charge in [-0.05, 0) is 26.8 Å². The van der Waals surface area contributed by atoms with E-state index in [0.717, 1.165) is 11.4 Å². The molecule has 9 heteroatoms. The second kappa shape index (κ2) is 5.64. The minimum atomic E-state index is -4.53. The third kappa shape index (κ3) is 2.78. The van der Waals surface area contributed by atoms with E-state index < -0.39 is 17.9 Å². The summed E-state index contributed by atoms with van der Waals surface area (Å²) in [5, 5.41) is 10.1. The molecule has 0 radical (unpaired) electrons. The molecule has 0 aromatic carbocycles. The molecule has 0 saturated carbocycles. The largest absolute Gasteiger partial charge is 0.435 e. The maximum Gasteiger partial charge on any atom is 0.435 e. The molecule has 3 rings (SSSR count). The van der Waals surface area contributed by atoms with Crippen molar-refractivity contribution in [2.24, 2.45) is 0 Å². The summed E-state index contributed by atoms with van der Waals surface area (Å²) in [4.78, 5) is 14.1. The molecule has 0 aliphatic carbocycles. The molecule has 0 spiro atoms. The maximum atomic E-state index is 13.0. The van der Waals surface area contributed by atoms with Gasteiger partial charge in [0.25, 0.3) is 0 Å². The Bertz CT molecular complexity index is 777. The lowest BCUT2D eigenvalue weighted by molar-refractivity contribution is -0.143. The third-order valence-corrected chi connectivity index (χ3v) is 4.28. The zero-order valence-electron chi connectivity index (χ0n) is 13.6. The Labute approximate surface area is 136 Å². The number of H-pyrrole nitrogens is 1. The topological polar surface area (TPSA) is 66.8 Å². The molecule has 130 valence electrons. The lowest BCUT2D eigenvalue weighted by Gasteiger charge is -2.30. The molecule has 2 aromatic rings. The summed E-state index contributed by atoms with van der Waals surface area (Å²) in [5.74, 6) is -0.249. The quantitative estimate of drug-likeness (QED) is 0.912. The average molecular weight is 341 g/mol. The fraction of sp³-hybridized carbons (Fsp3) is 0.533. The average Bonchev–Trinajstić information content (AvgIpc) is 3.07. The van der Waals surface area contributed by atoms with Gasteiger partial charge in [0.15, 0.2) is 5.69 Å². The van der Waals surface area contributed by atoms with Gasteiger partial charge >= 0.3 is 6.18 Å². The number of alkyl halides is 3. The Hall–Kier alpha value is -2.32. The van der Waals surface area contributed by atoms with Crippen LogP contribution in [0.15, 0.2) is 6.07 Å². The van der Waals surface area contributed by atoms with Crippen molar-refractivity contribution in [3.05, 3.63) is 34.4 Å². The predicted octanol–water partition coefficient (Wildman–Crippen LogP) is 2.39. The Morgan fingerprint density at radius 2 is 2.08 bits per heavy atom. The van der Waals surface area contributed by atoms with E-state index in [-0.39, 0.29) is 18.0 Å². The fourth-order valence-corrected chi connectivity index (χ4v) is 3.12. The molecule has 0 saturated heterocycles. The van der Waals surface area contributed by atoms with Gasteiger partial charge in [0.2, 0.25) is 5.91 Å². The summed E-state index contributed by atoms with van der Waals surface area (Å²) in [6.07, 6.45) is -4.20. The smallest absolute Gasteiger partial charge is 0.336 e. The zero-order valence-corrected chi connectivity index (χ0v) is 13.6. The van der Waals surface area contributed by atoms with Crippen LogP contribution in [0.1, 0.15) is 41.3 Å². The highest BCUT2D eigenvalue weighted by atomic mass is 19.4. The number of aryl methyl sites for hydroxylation is 2. The molecule has 1 aliphatic rings. The molecule has 0 fully saturated rings. The number of nitrogens with one attached hydrogen (secondary N) is 1. The van der Waals surface area contributed by atoms with Crippen molar-refractivity contribution >= 4 is 5.91 Å². The van der Waals surface area contributed by atoms with Gasteiger partial charge < -0.3 is 4.90 Å². The van der Waals surface area contributed by atoms with E-state index >= 15 is 0 Å². The Morgan fingerprint density at radius 1 is 1.38 bits per heavy atom. The van der Waals surface area contributed by atoms with E-state index in [4.69, 9.17) is 0 Å². The van der Waals surface area contributed by atoms with E-state index in [1.165, 1.54) is 4.90 Å². The summed E-state index contributed by atoms with van der Waals surface area (Å²) in [6.45, 7) is 5.64. The number of hydrogen-bond donors (Lipinski definition) is 1. The first kappa shape index (κ1) is 16.5. The van der Waals surface area contributed by atoms with Gasteiger partial charge in [-0.15, -0.1) is 0 Å². The molecular formula is C15H18F3N5O. The number of carbonyl (C=O) groups excluding carboxylic acids is 1. The molecule has 24 heavy (non-hydrogen) atoms. The highest BCUT2D eigenvalue weighted by Crippen LogP contribution is 2.34. The van der Waals surface area contributed by atoms with Gasteiger partial charge in [0, 0.05) is 36.5 Å². The van der Waals surface area contributed by atoms with Crippen molar-refractivity contribution in [2.45, 2.75) is 46.0 Å². The molecule has 1 N–H and O–H groups in total. The van der Waals surface area contributed by atoms with Crippen molar-refractivity contribution in [1.82, 2.24) is 24.9 Å². The number of amides is 1. The molecule has 3 heterocycles. The van der Waals surface area contributed by atoms with Crippen LogP contribution in [0, 0.1) is 13.8 Å². The van der Waals surface area contributed by atoms with Crippen LogP contribution in [0.4, 0.5) is 13.2 Å². The van der Waals surface area contributed by atoms with Gasteiger partial charge in [-0.25, -0.2) is 0 Å². The number of nitrogens with zero attached hydrogens (tertiary/aromatic N) is 4. The summed E-state index contributed by atoms with van der Waals surface area (Å²) >= 11 is 0. The van der Waals surface area contributed by atoms with Gasteiger partial charge in [0.05, 0.1) is 5.69 Å². The van der Waals surface area contributed by atoms with E-state index in [9.17, 15) is 18.0 Å². The number of hydrogen-bond acceptors (Lipinski definition) is 3. The lowest BCUT2D eigenvalue weighted by atomic mass is 10.0. The lowest BCUT2D eigenvalue weighted by Crippen LogP contribution is -2.40. The number of aromatic amines is 1. The van der Waals surface area contributed by atoms with Crippen LogP contribution in [-0.2, 0) is 23.9 Å².